The number of fused-ring (bicyclic) bond motifs is 7. The average Bonchev–Trinajstić information content (AvgIpc) is 3.69. The number of rotatable bonds is 5. The van der Waals surface area contributed by atoms with Gasteiger partial charge in [0.2, 0.25) is 5.91 Å². The molecule has 250 valence electrons. The zero-order valence-electron chi connectivity index (χ0n) is 29.2. The van der Waals surface area contributed by atoms with Gasteiger partial charge in [-0.05, 0) is 151 Å². The first kappa shape index (κ1) is 31.3. The number of allylic oxidation sites excluding steroid dienone is 2. The van der Waals surface area contributed by atoms with Gasteiger partial charge in [0, 0.05) is 6.20 Å². The van der Waals surface area contributed by atoms with Gasteiger partial charge < -0.3 is 10.4 Å². The first-order chi connectivity index (χ1) is 22.3. The molecular formula is C42H54N2O3. The second-order valence-electron chi connectivity index (χ2n) is 18.0. The third kappa shape index (κ3) is 4.22. The fraction of sp³-hybridized carbons (Fsp3) is 0.643. The van der Waals surface area contributed by atoms with Gasteiger partial charge in [-0.2, -0.15) is 0 Å². The molecule has 0 spiro atoms. The summed E-state index contributed by atoms with van der Waals surface area (Å²) in [6.07, 6.45) is 18.1. The van der Waals surface area contributed by atoms with Crippen LogP contribution in [0.4, 0.5) is 0 Å². The quantitative estimate of drug-likeness (QED) is 0.343. The van der Waals surface area contributed by atoms with E-state index in [2.05, 4.69) is 57.1 Å². The molecule has 5 heteroatoms. The molecule has 6 aliphatic carbocycles. The normalized spacial score (nSPS) is 40.9. The topological polar surface area (TPSA) is 79.3 Å². The molecule has 47 heavy (non-hydrogen) atoms. The number of aromatic nitrogens is 1. The molecule has 2 N–H and O–H groups in total. The van der Waals surface area contributed by atoms with Crippen LogP contribution >= 0.6 is 0 Å². The van der Waals surface area contributed by atoms with Gasteiger partial charge in [0.1, 0.15) is 0 Å². The Labute approximate surface area is 281 Å². The molecule has 7 unspecified atom stereocenters. The van der Waals surface area contributed by atoms with Crippen LogP contribution in [-0.4, -0.2) is 22.0 Å². The van der Waals surface area contributed by atoms with Crippen molar-refractivity contribution in [1.29, 1.82) is 0 Å². The van der Waals surface area contributed by atoms with Crippen LogP contribution in [0.25, 0.3) is 5.57 Å². The highest BCUT2D eigenvalue weighted by atomic mass is 16.4. The molecule has 0 radical (unpaired) electrons. The molecule has 5 fully saturated rings. The fourth-order valence-corrected chi connectivity index (χ4v) is 13.4. The highest BCUT2D eigenvalue weighted by Gasteiger charge is 2.70. The SMILES string of the molecule is CC1(C)C(c2ccc(C(=O)O)cc2)=CCC2(C)C1CCC1(C)C2CCC2C3CCCC3(C(=O)NC3(c4ccccn4)CC3)CC[C@]21C. The predicted octanol–water partition coefficient (Wildman–Crippen LogP) is 9.43. The van der Waals surface area contributed by atoms with Gasteiger partial charge in [-0.25, -0.2) is 4.79 Å². The Kier molecular flexibility index (Phi) is 6.85. The highest BCUT2D eigenvalue weighted by Crippen LogP contribution is 2.77. The van der Waals surface area contributed by atoms with Gasteiger partial charge in [-0.1, -0.05) is 65.3 Å². The number of carbonyl (C=O) groups excluding carboxylic acids is 1. The van der Waals surface area contributed by atoms with Crippen molar-refractivity contribution in [2.45, 2.75) is 117 Å². The highest BCUT2D eigenvalue weighted by molar-refractivity contribution is 5.88. The van der Waals surface area contributed by atoms with E-state index in [4.69, 9.17) is 0 Å². The van der Waals surface area contributed by atoms with Crippen molar-refractivity contribution in [3.05, 3.63) is 71.6 Å². The van der Waals surface area contributed by atoms with Crippen molar-refractivity contribution in [2.75, 3.05) is 0 Å². The molecule has 1 aromatic carbocycles. The molecule has 0 saturated heterocycles. The number of nitrogens with zero attached hydrogens (tertiary/aromatic N) is 1. The number of carboxylic acid groups (broad SMARTS) is 1. The van der Waals surface area contributed by atoms with Gasteiger partial charge in [0.05, 0.1) is 22.2 Å². The van der Waals surface area contributed by atoms with Gasteiger partial charge in [-0.15, -0.1) is 0 Å². The third-order valence-electron chi connectivity index (χ3n) is 16.1. The lowest BCUT2D eigenvalue weighted by Gasteiger charge is -2.72. The number of pyridine rings is 1. The third-order valence-corrected chi connectivity index (χ3v) is 16.1. The van der Waals surface area contributed by atoms with Crippen LogP contribution in [0.1, 0.15) is 133 Å². The molecule has 6 aliphatic rings. The number of benzene rings is 1. The van der Waals surface area contributed by atoms with Crippen molar-refractivity contribution in [1.82, 2.24) is 10.3 Å². The number of nitrogens with one attached hydrogen (secondary N) is 1. The summed E-state index contributed by atoms with van der Waals surface area (Å²) in [6, 6.07) is 13.7. The number of aromatic carboxylic acids is 1. The van der Waals surface area contributed by atoms with Gasteiger partial charge >= 0.3 is 5.97 Å². The molecule has 1 amide bonds. The lowest BCUT2D eigenvalue weighted by Crippen LogP contribution is -2.66. The lowest BCUT2D eigenvalue weighted by molar-refractivity contribution is -0.222. The second-order valence-corrected chi connectivity index (χ2v) is 18.0. The van der Waals surface area contributed by atoms with E-state index in [1.165, 1.54) is 49.7 Å². The standard InChI is InChI=1S/C42H54N2O3/c1-37(2)29(27-11-13-28(14-12-27)35(45)46)17-20-38(3)32(37)18-21-40(5)33(38)16-15-30-31-9-8-19-41(31,23-22-39(30,40)4)36(47)44-42(24-25-42)34-10-6-7-26-43-34/h6-7,10-14,17,26,30-33H,8-9,15-16,18-25H2,1-5H3,(H,44,47)(H,45,46)/t30?,31?,32?,33?,38?,39-,40?,41?/m1/s1. The summed E-state index contributed by atoms with van der Waals surface area (Å²) in [7, 11) is 0. The van der Waals surface area contributed by atoms with Crippen molar-refractivity contribution in [3.8, 4) is 0 Å². The van der Waals surface area contributed by atoms with Crippen molar-refractivity contribution in [3.63, 3.8) is 0 Å². The molecule has 0 aliphatic heterocycles. The maximum atomic E-state index is 14.5. The Morgan fingerprint density at radius 2 is 1.55 bits per heavy atom. The van der Waals surface area contributed by atoms with Gasteiger partial charge in [0.15, 0.2) is 0 Å². The summed E-state index contributed by atoms with van der Waals surface area (Å²) in [5, 5.41) is 13.1. The Morgan fingerprint density at radius 1 is 0.787 bits per heavy atom. The van der Waals surface area contributed by atoms with Crippen LogP contribution < -0.4 is 5.32 Å². The predicted molar refractivity (Wildman–Crippen MR) is 185 cm³/mol. The van der Waals surface area contributed by atoms with Crippen molar-refractivity contribution < 1.29 is 14.7 Å². The van der Waals surface area contributed by atoms with Crippen LogP contribution in [-0.2, 0) is 10.3 Å². The van der Waals surface area contributed by atoms with Gasteiger partial charge in [-0.3, -0.25) is 9.78 Å². The number of carboxylic acids is 1. The summed E-state index contributed by atoms with van der Waals surface area (Å²) in [5.74, 6) is 1.78. The Balaban J connectivity index is 1.07. The van der Waals surface area contributed by atoms with Crippen LogP contribution in [0.5, 0.6) is 0 Å². The maximum absolute atomic E-state index is 14.5. The molecule has 0 bridgehead atoms. The molecule has 1 aromatic heterocycles. The largest absolute Gasteiger partial charge is 0.478 e. The first-order valence-electron chi connectivity index (χ1n) is 18.6. The molecule has 5 nitrogen and oxygen atoms in total. The van der Waals surface area contributed by atoms with E-state index in [9.17, 15) is 14.7 Å². The Hall–Kier alpha value is -2.95. The minimum atomic E-state index is -0.869. The van der Waals surface area contributed by atoms with Crippen molar-refractivity contribution >= 4 is 17.4 Å². The molecule has 5 saturated carbocycles. The zero-order valence-corrected chi connectivity index (χ0v) is 29.2. The van der Waals surface area contributed by atoms with E-state index >= 15 is 0 Å². The minimum Gasteiger partial charge on any atom is -0.478 e. The summed E-state index contributed by atoms with van der Waals surface area (Å²) < 4.78 is 0. The number of amides is 1. The molecule has 8 rings (SSSR count). The fourth-order valence-electron chi connectivity index (χ4n) is 13.4. The molecular weight excluding hydrogens is 580 g/mol. The van der Waals surface area contributed by atoms with Crippen LogP contribution in [0.15, 0.2) is 54.7 Å². The number of hydrogen-bond acceptors (Lipinski definition) is 3. The first-order valence-corrected chi connectivity index (χ1v) is 18.6. The summed E-state index contributed by atoms with van der Waals surface area (Å²) in [6.45, 7) is 12.8. The van der Waals surface area contributed by atoms with Crippen molar-refractivity contribution in [2.24, 2.45) is 50.7 Å². The summed E-state index contributed by atoms with van der Waals surface area (Å²) in [4.78, 5) is 30.7. The smallest absolute Gasteiger partial charge is 0.335 e. The molecule has 2 aromatic rings. The Morgan fingerprint density at radius 3 is 2.23 bits per heavy atom. The van der Waals surface area contributed by atoms with Crippen LogP contribution in [0.2, 0.25) is 0 Å². The van der Waals surface area contributed by atoms with E-state index in [0.29, 0.717) is 35.1 Å². The summed E-state index contributed by atoms with van der Waals surface area (Å²) >= 11 is 0. The van der Waals surface area contributed by atoms with E-state index in [1.54, 1.807) is 12.1 Å². The lowest BCUT2D eigenvalue weighted by atomic mass is 9.32. The zero-order chi connectivity index (χ0) is 33.0. The second kappa shape index (κ2) is 10.3. The van der Waals surface area contributed by atoms with Gasteiger partial charge in [0.25, 0.3) is 0 Å². The maximum Gasteiger partial charge on any atom is 0.335 e. The minimum absolute atomic E-state index is 0.00839. The van der Waals surface area contributed by atoms with Crippen LogP contribution in [0.3, 0.4) is 0 Å². The van der Waals surface area contributed by atoms with E-state index in [1.807, 2.05) is 30.5 Å². The number of carbonyl (C=O) groups is 2. The summed E-state index contributed by atoms with van der Waals surface area (Å²) in [5.41, 5.74) is 4.18. The van der Waals surface area contributed by atoms with Crippen LogP contribution in [0, 0.1) is 50.7 Å². The average molecular weight is 635 g/mol. The van der Waals surface area contributed by atoms with E-state index in [0.717, 1.165) is 44.2 Å². The monoisotopic (exact) mass is 634 g/mol. The van der Waals surface area contributed by atoms with E-state index in [-0.39, 0.29) is 32.6 Å². The molecule has 8 atom stereocenters. The molecule has 1 heterocycles. The van der Waals surface area contributed by atoms with E-state index < -0.39 is 5.97 Å². The number of hydrogen-bond donors (Lipinski definition) is 2. The Bertz CT molecular complexity index is 1620.